The van der Waals surface area contributed by atoms with Crippen molar-refractivity contribution < 1.29 is 14.3 Å². The first-order valence-electron chi connectivity index (χ1n) is 7.82. The summed E-state index contributed by atoms with van der Waals surface area (Å²) in [5.74, 6) is 1.92. The minimum absolute atomic E-state index is 0.332. The van der Waals surface area contributed by atoms with Crippen molar-refractivity contribution in [2.24, 2.45) is 17.8 Å². The van der Waals surface area contributed by atoms with Crippen molar-refractivity contribution >= 4 is 5.91 Å². The number of ether oxygens (including phenoxy) is 2. The van der Waals surface area contributed by atoms with Crippen molar-refractivity contribution in [2.75, 3.05) is 26.3 Å². The van der Waals surface area contributed by atoms with Crippen LogP contribution in [0.5, 0.6) is 0 Å². The van der Waals surface area contributed by atoms with Gasteiger partial charge in [-0.25, -0.2) is 0 Å². The largest absolute Gasteiger partial charge is 0.347 e. The molecule has 4 aliphatic rings. The lowest BCUT2D eigenvalue weighted by Crippen LogP contribution is -2.49. The zero-order chi connectivity index (χ0) is 12.9. The second-order valence-electron chi connectivity index (χ2n) is 6.71. The molecular weight excluding hydrogens is 242 g/mol. The maximum Gasteiger partial charge on any atom is 0.225 e. The number of carbonyl (C=O) groups excluding carboxylic acids is 1. The predicted molar refractivity (Wildman–Crippen MR) is 69.4 cm³/mol. The highest BCUT2D eigenvalue weighted by Gasteiger charge is 2.46. The molecule has 2 heterocycles. The van der Waals surface area contributed by atoms with E-state index in [0.29, 0.717) is 31.0 Å². The van der Waals surface area contributed by atoms with E-state index in [1.165, 1.54) is 19.3 Å². The molecule has 1 spiro atoms. The van der Waals surface area contributed by atoms with Crippen molar-refractivity contribution in [1.29, 1.82) is 0 Å². The van der Waals surface area contributed by atoms with Crippen LogP contribution >= 0.6 is 0 Å². The summed E-state index contributed by atoms with van der Waals surface area (Å²) in [7, 11) is 0. The van der Waals surface area contributed by atoms with Crippen LogP contribution in [0.4, 0.5) is 0 Å². The normalized spacial score (nSPS) is 40.2. The van der Waals surface area contributed by atoms with E-state index in [1.807, 2.05) is 0 Å². The third kappa shape index (κ3) is 2.00. The number of piperidine rings is 1. The minimum Gasteiger partial charge on any atom is -0.347 e. The smallest absolute Gasteiger partial charge is 0.225 e. The van der Waals surface area contributed by atoms with Gasteiger partial charge in [0.1, 0.15) is 0 Å². The van der Waals surface area contributed by atoms with Gasteiger partial charge in [0.05, 0.1) is 13.2 Å². The molecule has 19 heavy (non-hydrogen) atoms. The number of carbonyl (C=O) groups is 1. The number of likely N-dealkylation sites (tertiary alicyclic amines) is 1. The summed E-state index contributed by atoms with van der Waals surface area (Å²) in [6.07, 6.45) is 6.79. The molecular formula is C15H23NO3. The van der Waals surface area contributed by atoms with Crippen LogP contribution in [0.2, 0.25) is 0 Å². The van der Waals surface area contributed by atoms with E-state index < -0.39 is 0 Å². The number of amides is 1. The van der Waals surface area contributed by atoms with Crippen LogP contribution in [-0.4, -0.2) is 42.9 Å². The molecule has 2 aliphatic heterocycles. The maximum absolute atomic E-state index is 12.6. The van der Waals surface area contributed by atoms with Crippen molar-refractivity contribution in [3.05, 3.63) is 0 Å². The quantitative estimate of drug-likeness (QED) is 0.725. The standard InChI is InChI=1S/C15H23NO3/c17-14(13-10-11-1-2-12(13)9-11)16-5-3-15(4-6-16)18-7-8-19-15/h11-13H,1-10H2. The number of hydrogen-bond acceptors (Lipinski definition) is 3. The van der Waals surface area contributed by atoms with Gasteiger partial charge < -0.3 is 14.4 Å². The molecule has 2 saturated heterocycles. The zero-order valence-corrected chi connectivity index (χ0v) is 11.5. The molecule has 0 radical (unpaired) electrons. The number of nitrogens with zero attached hydrogens (tertiary/aromatic N) is 1. The minimum atomic E-state index is -0.356. The van der Waals surface area contributed by atoms with E-state index in [0.717, 1.165) is 38.3 Å². The highest BCUT2D eigenvalue weighted by atomic mass is 16.7. The fourth-order valence-corrected chi connectivity index (χ4v) is 4.64. The molecule has 4 fully saturated rings. The Morgan fingerprint density at radius 2 is 1.79 bits per heavy atom. The lowest BCUT2D eigenvalue weighted by molar-refractivity contribution is -0.188. The highest BCUT2D eigenvalue weighted by Crippen LogP contribution is 2.49. The third-order valence-corrected chi connectivity index (χ3v) is 5.71. The molecule has 0 N–H and O–H groups in total. The Kier molecular flexibility index (Phi) is 2.85. The summed E-state index contributed by atoms with van der Waals surface area (Å²) in [6, 6.07) is 0. The highest BCUT2D eigenvalue weighted by molar-refractivity contribution is 5.79. The summed E-state index contributed by atoms with van der Waals surface area (Å²) < 4.78 is 11.4. The molecule has 0 aromatic heterocycles. The van der Waals surface area contributed by atoms with E-state index >= 15 is 0 Å². The fourth-order valence-electron chi connectivity index (χ4n) is 4.64. The van der Waals surface area contributed by atoms with Crippen LogP contribution in [0.15, 0.2) is 0 Å². The fraction of sp³-hybridized carbons (Fsp3) is 0.933. The Bertz CT molecular complexity index is 368. The van der Waals surface area contributed by atoms with Crippen molar-refractivity contribution in [1.82, 2.24) is 4.90 Å². The zero-order valence-electron chi connectivity index (χ0n) is 11.5. The molecule has 106 valence electrons. The predicted octanol–water partition coefficient (Wildman–Crippen LogP) is 1.79. The second kappa shape index (κ2) is 4.45. The second-order valence-corrected chi connectivity index (χ2v) is 6.71. The summed E-state index contributed by atoms with van der Waals surface area (Å²) in [4.78, 5) is 14.7. The lowest BCUT2D eigenvalue weighted by atomic mass is 9.87. The molecule has 4 nitrogen and oxygen atoms in total. The molecule has 1 amide bonds. The van der Waals surface area contributed by atoms with E-state index in [9.17, 15) is 4.79 Å². The van der Waals surface area contributed by atoms with Gasteiger partial charge in [0.25, 0.3) is 0 Å². The van der Waals surface area contributed by atoms with Crippen molar-refractivity contribution in [3.63, 3.8) is 0 Å². The average molecular weight is 265 g/mol. The van der Waals surface area contributed by atoms with Gasteiger partial charge in [-0.05, 0) is 31.1 Å². The van der Waals surface area contributed by atoms with Gasteiger partial charge in [0.15, 0.2) is 5.79 Å². The first kappa shape index (κ1) is 12.2. The average Bonchev–Trinajstić information content (AvgIpc) is 3.15. The van der Waals surface area contributed by atoms with Gasteiger partial charge in [-0.3, -0.25) is 4.79 Å². The van der Waals surface area contributed by atoms with Crippen LogP contribution in [0.3, 0.4) is 0 Å². The summed E-state index contributed by atoms with van der Waals surface area (Å²) in [6.45, 7) is 3.04. The molecule has 2 saturated carbocycles. The van der Waals surface area contributed by atoms with Gasteiger partial charge in [-0.15, -0.1) is 0 Å². The number of hydrogen-bond donors (Lipinski definition) is 0. The molecule has 2 aliphatic carbocycles. The SMILES string of the molecule is O=C(C1CC2CCC1C2)N1CCC2(CC1)OCCO2. The monoisotopic (exact) mass is 265 g/mol. The van der Waals surface area contributed by atoms with Gasteiger partial charge >= 0.3 is 0 Å². The van der Waals surface area contributed by atoms with Gasteiger partial charge in [0.2, 0.25) is 5.91 Å². The van der Waals surface area contributed by atoms with Gasteiger partial charge in [-0.1, -0.05) is 6.42 Å². The summed E-state index contributed by atoms with van der Waals surface area (Å²) in [5.41, 5.74) is 0. The van der Waals surface area contributed by atoms with E-state index in [-0.39, 0.29) is 5.79 Å². The molecule has 3 atom stereocenters. The molecule has 4 rings (SSSR count). The number of rotatable bonds is 1. The van der Waals surface area contributed by atoms with E-state index in [1.54, 1.807) is 0 Å². The number of fused-ring (bicyclic) bond motifs is 2. The van der Waals surface area contributed by atoms with Crippen molar-refractivity contribution in [2.45, 2.75) is 44.3 Å². The van der Waals surface area contributed by atoms with Crippen LogP contribution in [0, 0.1) is 17.8 Å². The lowest BCUT2D eigenvalue weighted by Gasteiger charge is -2.39. The maximum atomic E-state index is 12.6. The van der Waals surface area contributed by atoms with Crippen LogP contribution in [0.1, 0.15) is 38.5 Å². The molecule has 0 aromatic rings. The molecule has 2 bridgehead atoms. The molecule has 0 aromatic carbocycles. The summed E-state index contributed by atoms with van der Waals surface area (Å²) in [5, 5.41) is 0. The van der Waals surface area contributed by atoms with E-state index in [4.69, 9.17) is 9.47 Å². The Morgan fingerprint density at radius 3 is 2.37 bits per heavy atom. The van der Waals surface area contributed by atoms with Crippen LogP contribution < -0.4 is 0 Å². The Hall–Kier alpha value is -0.610. The topological polar surface area (TPSA) is 38.8 Å². The molecule has 3 unspecified atom stereocenters. The van der Waals surface area contributed by atoms with Crippen molar-refractivity contribution in [3.8, 4) is 0 Å². The summed E-state index contributed by atoms with van der Waals surface area (Å²) >= 11 is 0. The Balaban J connectivity index is 1.37. The Morgan fingerprint density at radius 1 is 1.05 bits per heavy atom. The van der Waals surface area contributed by atoms with Gasteiger partial charge in [-0.2, -0.15) is 0 Å². The third-order valence-electron chi connectivity index (χ3n) is 5.71. The van der Waals surface area contributed by atoms with Crippen LogP contribution in [-0.2, 0) is 14.3 Å². The van der Waals surface area contributed by atoms with Gasteiger partial charge in [0, 0.05) is 31.8 Å². The molecule has 4 heteroatoms. The van der Waals surface area contributed by atoms with Crippen LogP contribution in [0.25, 0.3) is 0 Å². The van der Waals surface area contributed by atoms with E-state index in [2.05, 4.69) is 4.90 Å². The first-order valence-corrected chi connectivity index (χ1v) is 7.82. The Labute approximate surface area is 114 Å². The first-order chi connectivity index (χ1) is 9.26.